The van der Waals surface area contributed by atoms with Gasteiger partial charge in [0.25, 0.3) is 0 Å². The lowest BCUT2D eigenvalue weighted by Gasteiger charge is -2.39. The standard InChI is InChI=1S/C23H28N2O/c1-16-13-17(2)23-20(9-11-24-23)21(16)15-25-12-10-19(26-3)14-22(25)18-7-5-4-6-8-18/h4-9,11,13,19,22,24H,10,12,14-15H2,1-3H3/t19-,22-/m0/s1. The molecule has 0 unspecified atom stereocenters. The molecule has 136 valence electrons. The minimum absolute atomic E-state index is 0.350. The second-order valence-corrected chi connectivity index (χ2v) is 7.53. The molecular formula is C23H28N2O. The number of rotatable bonds is 4. The van der Waals surface area contributed by atoms with Gasteiger partial charge in [-0.3, -0.25) is 4.90 Å². The van der Waals surface area contributed by atoms with E-state index in [1.165, 1.54) is 33.2 Å². The van der Waals surface area contributed by atoms with Gasteiger partial charge in [-0.15, -0.1) is 0 Å². The maximum atomic E-state index is 5.71. The Bertz CT molecular complexity index is 884. The van der Waals surface area contributed by atoms with Gasteiger partial charge in [-0.05, 0) is 55.0 Å². The number of aryl methyl sites for hydroxylation is 2. The van der Waals surface area contributed by atoms with Gasteiger partial charge >= 0.3 is 0 Å². The van der Waals surface area contributed by atoms with E-state index in [-0.39, 0.29) is 0 Å². The van der Waals surface area contributed by atoms with Crippen molar-refractivity contribution < 1.29 is 4.74 Å². The fourth-order valence-electron chi connectivity index (χ4n) is 4.46. The molecule has 0 spiro atoms. The van der Waals surface area contributed by atoms with E-state index in [1.54, 1.807) is 0 Å². The molecule has 1 aliphatic heterocycles. The first-order valence-corrected chi connectivity index (χ1v) is 9.55. The number of likely N-dealkylation sites (tertiary alicyclic amines) is 1. The molecule has 0 radical (unpaired) electrons. The number of H-pyrrole nitrogens is 1. The van der Waals surface area contributed by atoms with Gasteiger partial charge in [-0.1, -0.05) is 36.4 Å². The summed E-state index contributed by atoms with van der Waals surface area (Å²) in [5.41, 5.74) is 6.82. The van der Waals surface area contributed by atoms with Crippen LogP contribution in [0, 0.1) is 13.8 Å². The van der Waals surface area contributed by atoms with Gasteiger partial charge in [0.15, 0.2) is 0 Å². The van der Waals surface area contributed by atoms with Crippen LogP contribution in [0.4, 0.5) is 0 Å². The maximum absolute atomic E-state index is 5.71. The van der Waals surface area contributed by atoms with Crippen LogP contribution in [0.2, 0.25) is 0 Å². The third-order valence-electron chi connectivity index (χ3n) is 5.92. The number of piperidine rings is 1. The van der Waals surface area contributed by atoms with Gasteiger partial charge in [-0.2, -0.15) is 0 Å². The lowest BCUT2D eigenvalue weighted by Crippen LogP contribution is -2.39. The van der Waals surface area contributed by atoms with Crippen LogP contribution >= 0.6 is 0 Å². The summed E-state index contributed by atoms with van der Waals surface area (Å²) in [6.07, 6.45) is 4.57. The van der Waals surface area contributed by atoms with Gasteiger partial charge < -0.3 is 9.72 Å². The first kappa shape index (κ1) is 17.3. The van der Waals surface area contributed by atoms with Crippen molar-refractivity contribution in [2.24, 2.45) is 0 Å². The van der Waals surface area contributed by atoms with E-state index in [0.29, 0.717) is 12.1 Å². The zero-order valence-electron chi connectivity index (χ0n) is 16.0. The number of aromatic nitrogens is 1. The molecule has 1 N–H and O–H groups in total. The van der Waals surface area contributed by atoms with E-state index in [0.717, 1.165) is 25.9 Å². The molecule has 3 nitrogen and oxygen atoms in total. The lowest BCUT2D eigenvalue weighted by molar-refractivity contribution is 0.00692. The molecule has 1 aromatic heterocycles. The molecule has 0 aliphatic carbocycles. The Balaban J connectivity index is 1.69. The number of nitrogens with one attached hydrogen (secondary N) is 1. The zero-order valence-corrected chi connectivity index (χ0v) is 16.0. The largest absolute Gasteiger partial charge is 0.381 e. The molecule has 2 heterocycles. The first-order valence-electron chi connectivity index (χ1n) is 9.55. The predicted molar refractivity (Wildman–Crippen MR) is 107 cm³/mol. The number of aromatic amines is 1. The number of benzene rings is 2. The van der Waals surface area contributed by atoms with Crippen molar-refractivity contribution in [2.75, 3.05) is 13.7 Å². The fraction of sp³-hybridized carbons (Fsp3) is 0.391. The highest BCUT2D eigenvalue weighted by Gasteiger charge is 2.30. The smallest absolute Gasteiger partial charge is 0.0601 e. The topological polar surface area (TPSA) is 28.3 Å². The minimum atomic E-state index is 0.350. The molecule has 26 heavy (non-hydrogen) atoms. The Morgan fingerprint density at radius 3 is 2.69 bits per heavy atom. The Kier molecular flexibility index (Phi) is 4.84. The number of fused-ring (bicyclic) bond motifs is 1. The molecular weight excluding hydrogens is 320 g/mol. The number of methoxy groups -OCH3 is 1. The average molecular weight is 348 g/mol. The molecule has 3 heteroatoms. The monoisotopic (exact) mass is 348 g/mol. The van der Waals surface area contributed by atoms with Gasteiger partial charge in [-0.25, -0.2) is 0 Å². The molecule has 0 amide bonds. The van der Waals surface area contributed by atoms with Crippen molar-refractivity contribution in [1.29, 1.82) is 0 Å². The van der Waals surface area contributed by atoms with Crippen LogP contribution in [0.3, 0.4) is 0 Å². The third-order valence-corrected chi connectivity index (χ3v) is 5.92. The molecule has 3 aromatic rings. The number of nitrogens with zero attached hydrogens (tertiary/aromatic N) is 1. The summed E-state index contributed by atoms with van der Waals surface area (Å²) >= 11 is 0. The Morgan fingerprint density at radius 2 is 1.92 bits per heavy atom. The normalized spacial score (nSPS) is 21.3. The van der Waals surface area contributed by atoms with E-state index in [4.69, 9.17) is 4.74 Å². The molecule has 2 aromatic carbocycles. The van der Waals surface area contributed by atoms with E-state index in [9.17, 15) is 0 Å². The highest BCUT2D eigenvalue weighted by molar-refractivity contribution is 5.86. The van der Waals surface area contributed by atoms with Crippen LogP contribution in [0.5, 0.6) is 0 Å². The number of hydrogen-bond donors (Lipinski definition) is 1. The average Bonchev–Trinajstić information content (AvgIpc) is 3.16. The predicted octanol–water partition coefficient (Wildman–Crippen LogP) is 5.14. The van der Waals surface area contributed by atoms with Crippen molar-refractivity contribution in [2.45, 2.75) is 45.4 Å². The van der Waals surface area contributed by atoms with E-state index >= 15 is 0 Å². The Labute approximate surface area is 156 Å². The first-order chi connectivity index (χ1) is 12.7. The Morgan fingerprint density at radius 1 is 1.12 bits per heavy atom. The quantitative estimate of drug-likeness (QED) is 0.707. The van der Waals surface area contributed by atoms with Crippen molar-refractivity contribution >= 4 is 10.9 Å². The van der Waals surface area contributed by atoms with Crippen LogP contribution in [0.15, 0.2) is 48.7 Å². The SMILES string of the molecule is CO[C@H]1CCN(Cc2c(C)cc(C)c3[nH]ccc23)[C@H](c2ccccc2)C1. The summed E-state index contributed by atoms with van der Waals surface area (Å²) in [6.45, 7) is 6.48. The molecule has 1 aliphatic rings. The summed E-state index contributed by atoms with van der Waals surface area (Å²) in [7, 11) is 1.84. The van der Waals surface area contributed by atoms with Crippen LogP contribution in [-0.2, 0) is 11.3 Å². The van der Waals surface area contributed by atoms with Gasteiger partial charge in [0.2, 0.25) is 0 Å². The van der Waals surface area contributed by atoms with Crippen LogP contribution in [0.1, 0.15) is 41.1 Å². The van der Waals surface area contributed by atoms with Gasteiger partial charge in [0.05, 0.1) is 6.10 Å². The summed E-state index contributed by atoms with van der Waals surface area (Å²) < 4.78 is 5.71. The molecule has 0 bridgehead atoms. The second kappa shape index (κ2) is 7.26. The molecule has 4 rings (SSSR count). The minimum Gasteiger partial charge on any atom is -0.381 e. The van der Waals surface area contributed by atoms with Crippen molar-refractivity contribution in [3.8, 4) is 0 Å². The summed E-state index contributed by atoms with van der Waals surface area (Å²) in [6, 6.07) is 15.8. The maximum Gasteiger partial charge on any atom is 0.0601 e. The zero-order chi connectivity index (χ0) is 18.1. The van der Waals surface area contributed by atoms with Crippen molar-refractivity contribution in [3.05, 3.63) is 70.9 Å². The highest BCUT2D eigenvalue weighted by atomic mass is 16.5. The van der Waals surface area contributed by atoms with E-state index in [1.807, 2.05) is 7.11 Å². The molecule has 2 atom stereocenters. The molecule has 1 fully saturated rings. The van der Waals surface area contributed by atoms with E-state index < -0.39 is 0 Å². The molecule has 1 saturated heterocycles. The van der Waals surface area contributed by atoms with Crippen LogP contribution in [-0.4, -0.2) is 29.6 Å². The van der Waals surface area contributed by atoms with Crippen LogP contribution in [0.25, 0.3) is 10.9 Å². The van der Waals surface area contributed by atoms with E-state index in [2.05, 4.69) is 72.4 Å². The summed E-state index contributed by atoms with van der Waals surface area (Å²) in [5.74, 6) is 0. The second-order valence-electron chi connectivity index (χ2n) is 7.53. The van der Waals surface area contributed by atoms with Gasteiger partial charge in [0, 0.05) is 43.3 Å². The highest BCUT2D eigenvalue weighted by Crippen LogP contribution is 2.35. The number of ether oxygens (including phenoxy) is 1. The lowest BCUT2D eigenvalue weighted by atomic mass is 9.91. The van der Waals surface area contributed by atoms with Crippen molar-refractivity contribution in [1.82, 2.24) is 9.88 Å². The number of hydrogen-bond acceptors (Lipinski definition) is 2. The van der Waals surface area contributed by atoms with Crippen molar-refractivity contribution in [3.63, 3.8) is 0 Å². The third kappa shape index (κ3) is 3.17. The molecule has 0 saturated carbocycles. The fourth-order valence-corrected chi connectivity index (χ4v) is 4.46. The van der Waals surface area contributed by atoms with Gasteiger partial charge in [0.1, 0.15) is 0 Å². The summed E-state index contributed by atoms with van der Waals surface area (Å²) in [5, 5.41) is 1.36. The van der Waals surface area contributed by atoms with Crippen LogP contribution < -0.4 is 0 Å². The Hall–Kier alpha value is -2.10. The summed E-state index contributed by atoms with van der Waals surface area (Å²) in [4.78, 5) is 6.05.